The van der Waals surface area contributed by atoms with Gasteiger partial charge in [0, 0.05) is 6.61 Å². The molecule has 0 aliphatic carbocycles. The molecule has 2 N–H and O–H groups in total. The van der Waals surface area contributed by atoms with Crippen molar-refractivity contribution in [1.82, 2.24) is 0 Å². The van der Waals surface area contributed by atoms with Crippen LogP contribution in [0.5, 0.6) is 0 Å². The smallest absolute Gasteiger partial charge is 0.405 e. The standard InChI is InChI=1S/C13H19NO5S/c1-3-18-9-12(19-13(14)15)10-5-7-11(8-6-10)20(16,17)4-2/h5-8,12H,3-4,9H2,1-2H3,(H2,14,15)/t12-/m0/s1. The molecule has 1 amide bonds. The second-order valence-electron chi connectivity index (χ2n) is 4.06. The van der Waals surface area contributed by atoms with Gasteiger partial charge < -0.3 is 15.2 Å². The van der Waals surface area contributed by atoms with Crippen molar-refractivity contribution in [3.05, 3.63) is 29.8 Å². The number of sulfone groups is 1. The Balaban J connectivity index is 2.95. The van der Waals surface area contributed by atoms with Gasteiger partial charge in [-0.15, -0.1) is 0 Å². The molecule has 0 aliphatic heterocycles. The first kappa shape index (κ1) is 16.5. The van der Waals surface area contributed by atoms with Crippen LogP contribution >= 0.6 is 0 Å². The highest BCUT2D eigenvalue weighted by atomic mass is 32.2. The van der Waals surface area contributed by atoms with Gasteiger partial charge in [-0.2, -0.15) is 0 Å². The van der Waals surface area contributed by atoms with Gasteiger partial charge in [0.1, 0.15) is 0 Å². The predicted octanol–water partition coefficient (Wildman–Crippen LogP) is 1.65. The minimum Gasteiger partial charge on any atom is -0.439 e. The number of nitrogens with two attached hydrogens (primary N) is 1. The van der Waals surface area contributed by atoms with Gasteiger partial charge in [-0.05, 0) is 24.6 Å². The van der Waals surface area contributed by atoms with Gasteiger partial charge in [0.05, 0.1) is 17.3 Å². The lowest BCUT2D eigenvalue weighted by atomic mass is 10.1. The summed E-state index contributed by atoms with van der Waals surface area (Å²) in [6.45, 7) is 4.04. The van der Waals surface area contributed by atoms with Crippen LogP contribution in [0.15, 0.2) is 29.2 Å². The number of benzene rings is 1. The third-order valence-electron chi connectivity index (χ3n) is 2.72. The minimum absolute atomic E-state index is 0.0342. The summed E-state index contributed by atoms with van der Waals surface area (Å²) in [6, 6.07) is 6.15. The number of ether oxygens (including phenoxy) is 2. The van der Waals surface area contributed by atoms with Gasteiger partial charge in [-0.1, -0.05) is 19.1 Å². The van der Waals surface area contributed by atoms with Crippen molar-refractivity contribution in [3.8, 4) is 0 Å². The predicted molar refractivity (Wildman–Crippen MR) is 74.1 cm³/mol. The molecule has 0 fully saturated rings. The molecule has 0 saturated heterocycles. The van der Waals surface area contributed by atoms with Crippen LogP contribution in [0.4, 0.5) is 4.79 Å². The van der Waals surface area contributed by atoms with Crippen molar-refractivity contribution in [2.75, 3.05) is 19.0 Å². The van der Waals surface area contributed by atoms with E-state index in [4.69, 9.17) is 15.2 Å². The lowest BCUT2D eigenvalue weighted by Gasteiger charge is -2.17. The fourth-order valence-electron chi connectivity index (χ4n) is 1.62. The maximum absolute atomic E-state index is 11.7. The van der Waals surface area contributed by atoms with E-state index in [2.05, 4.69) is 0 Å². The van der Waals surface area contributed by atoms with E-state index in [-0.39, 0.29) is 17.3 Å². The lowest BCUT2D eigenvalue weighted by Crippen LogP contribution is -2.21. The van der Waals surface area contributed by atoms with E-state index in [1.807, 2.05) is 6.92 Å². The Morgan fingerprint density at radius 3 is 2.30 bits per heavy atom. The summed E-state index contributed by atoms with van der Waals surface area (Å²) in [5, 5.41) is 0. The second kappa shape index (κ2) is 7.25. The number of hydrogen-bond acceptors (Lipinski definition) is 5. The molecule has 1 aromatic rings. The third kappa shape index (κ3) is 4.50. The first-order chi connectivity index (χ1) is 9.40. The molecule has 1 rings (SSSR count). The third-order valence-corrected chi connectivity index (χ3v) is 4.47. The summed E-state index contributed by atoms with van der Waals surface area (Å²) in [5.41, 5.74) is 5.64. The number of carbonyl (C=O) groups excluding carboxylic acids is 1. The number of primary amides is 1. The summed E-state index contributed by atoms with van der Waals surface area (Å²) in [5.74, 6) is 0.0342. The van der Waals surface area contributed by atoms with Crippen molar-refractivity contribution in [3.63, 3.8) is 0 Å². The average Bonchev–Trinajstić information content (AvgIpc) is 2.43. The topological polar surface area (TPSA) is 95.7 Å². The van der Waals surface area contributed by atoms with E-state index in [9.17, 15) is 13.2 Å². The van der Waals surface area contributed by atoms with Crippen LogP contribution in [-0.2, 0) is 19.3 Å². The van der Waals surface area contributed by atoms with E-state index >= 15 is 0 Å². The number of hydrogen-bond donors (Lipinski definition) is 1. The van der Waals surface area contributed by atoms with Gasteiger partial charge >= 0.3 is 6.09 Å². The molecule has 0 radical (unpaired) electrons. The fourth-order valence-corrected chi connectivity index (χ4v) is 2.50. The number of amides is 1. The Labute approximate surface area is 118 Å². The second-order valence-corrected chi connectivity index (χ2v) is 6.34. The molecule has 20 heavy (non-hydrogen) atoms. The van der Waals surface area contributed by atoms with Gasteiger partial charge in [0.15, 0.2) is 15.9 Å². The van der Waals surface area contributed by atoms with Crippen LogP contribution in [0.3, 0.4) is 0 Å². The number of rotatable bonds is 7. The number of carbonyl (C=O) groups is 1. The van der Waals surface area contributed by atoms with Crippen molar-refractivity contribution in [2.45, 2.75) is 24.8 Å². The Kier molecular flexibility index (Phi) is 5.97. The monoisotopic (exact) mass is 301 g/mol. The lowest BCUT2D eigenvalue weighted by molar-refractivity contribution is 0.0269. The molecule has 0 heterocycles. The normalized spacial score (nSPS) is 12.9. The maximum atomic E-state index is 11.7. The van der Waals surface area contributed by atoms with Gasteiger partial charge in [0.25, 0.3) is 0 Å². The van der Waals surface area contributed by atoms with Crippen molar-refractivity contribution < 1.29 is 22.7 Å². The van der Waals surface area contributed by atoms with E-state index in [1.165, 1.54) is 12.1 Å². The van der Waals surface area contributed by atoms with Gasteiger partial charge in [-0.3, -0.25) is 0 Å². The Morgan fingerprint density at radius 2 is 1.85 bits per heavy atom. The molecule has 0 spiro atoms. The van der Waals surface area contributed by atoms with E-state index < -0.39 is 22.0 Å². The fraction of sp³-hybridized carbons (Fsp3) is 0.462. The summed E-state index contributed by atoms with van der Waals surface area (Å²) < 4.78 is 33.6. The summed E-state index contributed by atoms with van der Waals surface area (Å²) in [6.07, 6.45) is -1.55. The molecule has 0 saturated carbocycles. The van der Waals surface area contributed by atoms with Crippen molar-refractivity contribution in [1.29, 1.82) is 0 Å². The van der Waals surface area contributed by atoms with Gasteiger partial charge in [0.2, 0.25) is 0 Å². The van der Waals surface area contributed by atoms with Crippen LogP contribution in [0.25, 0.3) is 0 Å². The first-order valence-electron chi connectivity index (χ1n) is 6.27. The van der Waals surface area contributed by atoms with Gasteiger partial charge in [-0.25, -0.2) is 13.2 Å². The Hall–Kier alpha value is -1.60. The summed E-state index contributed by atoms with van der Waals surface area (Å²) in [7, 11) is -3.24. The molecule has 1 atom stereocenters. The van der Waals surface area contributed by atoms with Crippen LogP contribution < -0.4 is 5.73 Å². The maximum Gasteiger partial charge on any atom is 0.405 e. The molecule has 7 heteroatoms. The summed E-state index contributed by atoms with van der Waals surface area (Å²) >= 11 is 0. The summed E-state index contributed by atoms with van der Waals surface area (Å²) in [4.78, 5) is 11.1. The highest BCUT2D eigenvalue weighted by molar-refractivity contribution is 7.91. The quantitative estimate of drug-likeness (QED) is 0.826. The molecule has 0 aromatic heterocycles. The molecule has 0 aliphatic rings. The largest absolute Gasteiger partial charge is 0.439 e. The highest BCUT2D eigenvalue weighted by Gasteiger charge is 2.17. The minimum atomic E-state index is -3.24. The molecule has 6 nitrogen and oxygen atoms in total. The van der Waals surface area contributed by atoms with E-state index in [0.717, 1.165) is 0 Å². The van der Waals surface area contributed by atoms with Crippen molar-refractivity contribution in [2.24, 2.45) is 5.73 Å². The zero-order valence-corrected chi connectivity index (χ0v) is 12.4. The molecular weight excluding hydrogens is 282 g/mol. The molecule has 1 aromatic carbocycles. The Morgan fingerprint density at radius 1 is 1.25 bits per heavy atom. The van der Waals surface area contributed by atoms with E-state index in [1.54, 1.807) is 19.1 Å². The Bertz CT molecular complexity index is 538. The van der Waals surface area contributed by atoms with Crippen LogP contribution in [0.2, 0.25) is 0 Å². The van der Waals surface area contributed by atoms with Crippen LogP contribution in [0.1, 0.15) is 25.5 Å². The molecule has 0 unspecified atom stereocenters. The molecule has 0 bridgehead atoms. The van der Waals surface area contributed by atoms with E-state index in [0.29, 0.717) is 12.2 Å². The highest BCUT2D eigenvalue weighted by Crippen LogP contribution is 2.20. The average molecular weight is 301 g/mol. The molecule has 112 valence electrons. The first-order valence-corrected chi connectivity index (χ1v) is 7.92. The molecular formula is C13H19NO5S. The zero-order chi connectivity index (χ0) is 15.2. The van der Waals surface area contributed by atoms with Crippen LogP contribution in [-0.4, -0.2) is 33.5 Å². The zero-order valence-electron chi connectivity index (χ0n) is 11.5. The van der Waals surface area contributed by atoms with Crippen molar-refractivity contribution >= 4 is 15.9 Å². The van der Waals surface area contributed by atoms with Crippen LogP contribution in [0, 0.1) is 0 Å². The SMILES string of the molecule is CCOC[C@H](OC(N)=O)c1ccc(S(=O)(=O)CC)cc1.